The molecule has 6 nitrogen and oxygen atoms in total. The molecule has 4 N–H and O–H groups in total. The number of nitrogens with two attached hydrogens (primary N) is 1. The number of aliphatic imine (C=N–C) groups is 1. The van der Waals surface area contributed by atoms with Gasteiger partial charge in [0.25, 0.3) is 0 Å². The summed E-state index contributed by atoms with van der Waals surface area (Å²) < 4.78 is 21.3. The number of nitrogens with one attached hydrogen (secondary N) is 2. The van der Waals surface area contributed by atoms with Gasteiger partial charge in [-0.05, 0) is 13.3 Å². The van der Waals surface area contributed by atoms with Gasteiger partial charge in [0.05, 0.1) is 5.75 Å². The van der Waals surface area contributed by atoms with E-state index in [1.54, 1.807) is 0 Å². The van der Waals surface area contributed by atoms with Crippen LogP contribution in [0.2, 0.25) is 0 Å². The summed E-state index contributed by atoms with van der Waals surface area (Å²) in [6.45, 7) is 5.70. The molecule has 0 aliphatic carbocycles. The quantitative estimate of drug-likeness (QED) is 0.417. The second kappa shape index (κ2) is 7.47. The first-order valence-electron chi connectivity index (χ1n) is 5.02. The zero-order valence-corrected chi connectivity index (χ0v) is 10.1. The van der Waals surface area contributed by atoms with E-state index in [9.17, 15) is 8.42 Å². The Morgan fingerprint density at radius 1 is 1.33 bits per heavy atom. The molecule has 0 unspecified atom stereocenters. The van der Waals surface area contributed by atoms with Gasteiger partial charge in [-0.2, -0.15) is 0 Å². The Hall–Kier alpha value is -0.820. The van der Waals surface area contributed by atoms with Crippen molar-refractivity contribution in [2.75, 3.05) is 25.4 Å². The summed E-state index contributed by atoms with van der Waals surface area (Å²) in [7, 11) is -3.40. The topological polar surface area (TPSA) is 96.6 Å². The van der Waals surface area contributed by atoms with Gasteiger partial charge in [-0.1, -0.05) is 6.92 Å². The number of primary sulfonamides is 1. The van der Waals surface area contributed by atoms with Crippen LogP contribution in [-0.2, 0) is 10.0 Å². The molecule has 7 heteroatoms. The van der Waals surface area contributed by atoms with Gasteiger partial charge in [-0.25, -0.2) is 13.6 Å². The fraction of sp³-hybridized carbons (Fsp3) is 0.875. The Balaban J connectivity index is 3.96. The van der Waals surface area contributed by atoms with E-state index in [0.29, 0.717) is 12.5 Å². The van der Waals surface area contributed by atoms with E-state index in [2.05, 4.69) is 15.6 Å². The third-order valence-electron chi connectivity index (χ3n) is 1.52. The highest BCUT2D eigenvalue weighted by Crippen LogP contribution is 1.80. The predicted octanol–water partition coefficient (Wildman–Crippen LogP) is -0.760. The lowest BCUT2D eigenvalue weighted by molar-refractivity contribution is 0.596. The van der Waals surface area contributed by atoms with Crippen LogP contribution in [0.5, 0.6) is 0 Å². The van der Waals surface area contributed by atoms with Crippen LogP contribution in [0.25, 0.3) is 0 Å². The lowest BCUT2D eigenvalue weighted by Gasteiger charge is -2.10. The summed E-state index contributed by atoms with van der Waals surface area (Å²) in [5.74, 6) is 0.534. The Bertz CT molecular complexity index is 287. The van der Waals surface area contributed by atoms with Crippen molar-refractivity contribution in [3.63, 3.8) is 0 Å². The predicted molar refractivity (Wildman–Crippen MR) is 62.2 cm³/mol. The third kappa shape index (κ3) is 9.48. The SMILES string of the molecule is CCCN=C(NCC)NCCS(N)(=O)=O. The molecular formula is C8H20N4O2S. The maximum Gasteiger partial charge on any atom is 0.210 e. The molecule has 0 spiro atoms. The molecule has 0 aliphatic heterocycles. The maximum absolute atomic E-state index is 10.7. The number of sulfonamides is 1. The minimum atomic E-state index is -3.40. The van der Waals surface area contributed by atoms with Gasteiger partial charge in [-0.15, -0.1) is 0 Å². The molecule has 0 saturated carbocycles. The van der Waals surface area contributed by atoms with Crippen molar-refractivity contribution in [1.29, 1.82) is 0 Å². The Kier molecular flexibility index (Phi) is 7.06. The first kappa shape index (κ1) is 14.2. The van der Waals surface area contributed by atoms with Crippen molar-refractivity contribution in [3.8, 4) is 0 Å². The highest BCUT2D eigenvalue weighted by atomic mass is 32.2. The summed E-state index contributed by atoms with van der Waals surface area (Å²) >= 11 is 0. The smallest absolute Gasteiger partial charge is 0.210 e. The molecule has 90 valence electrons. The summed E-state index contributed by atoms with van der Waals surface area (Å²) in [5, 5.41) is 10.8. The van der Waals surface area contributed by atoms with Crippen LogP contribution in [-0.4, -0.2) is 39.8 Å². The van der Waals surface area contributed by atoms with Gasteiger partial charge in [0.2, 0.25) is 10.0 Å². The largest absolute Gasteiger partial charge is 0.357 e. The van der Waals surface area contributed by atoms with Crippen LogP contribution in [0, 0.1) is 0 Å². The highest BCUT2D eigenvalue weighted by Gasteiger charge is 2.02. The van der Waals surface area contributed by atoms with Gasteiger partial charge >= 0.3 is 0 Å². The molecule has 15 heavy (non-hydrogen) atoms. The van der Waals surface area contributed by atoms with Crippen molar-refractivity contribution < 1.29 is 8.42 Å². The van der Waals surface area contributed by atoms with E-state index < -0.39 is 10.0 Å². The minimum absolute atomic E-state index is 0.0937. The number of hydrogen-bond acceptors (Lipinski definition) is 3. The Morgan fingerprint density at radius 3 is 2.47 bits per heavy atom. The van der Waals surface area contributed by atoms with Gasteiger partial charge in [-0.3, -0.25) is 4.99 Å². The standard InChI is InChI=1S/C8H20N4O2S/c1-3-5-11-8(10-4-2)12-6-7-15(9,13)14/h3-7H2,1-2H3,(H2,9,13,14)(H2,10,11,12). The van der Waals surface area contributed by atoms with E-state index in [1.807, 2.05) is 13.8 Å². The average Bonchev–Trinajstić information content (AvgIpc) is 2.12. The lowest BCUT2D eigenvalue weighted by atomic mass is 10.5. The van der Waals surface area contributed by atoms with Crippen molar-refractivity contribution >= 4 is 16.0 Å². The van der Waals surface area contributed by atoms with E-state index in [0.717, 1.165) is 13.0 Å². The molecule has 0 fully saturated rings. The molecule has 0 bridgehead atoms. The van der Waals surface area contributed by atoms with E-state index in [-0.39, 0.29) is 12.3 Å². The van der Waals surface area contributed by atoms with Crippen LogP contribution in [0.3, 0.4) is 0 Å². The molecular weight excluding hydrogens is 216 g/mol. The van der Waals surface area contributed by atoms with Gasteiger partial charge < -0.3 is 10.6 Å². The van der Waals surface area contributed by atoms with Crippen molar-refractivity contribution in [2.24, 2.45) is 10.1 Å². The third-order valence-corrected chi connectivity index (χ3v) is 2.29. The molecule has 0 aliphatic rings. The van der Waals surface area contributed by atoms with Gasteiger partial charge in [0.15, 0.2) is 5.96 Å². The molecule has 0 amide bonds. The molecule has 0 heterocycles. The first-order chi connectivity index (χ1) is 6.99. The van der Waals surface area contributed by atoms with Crippen LogP contribution in [0.1, 0.15) is 20.3 Å². The monoisotopic (exact) mass is 236 g/mol. The van der Waals surface area contributed by atoms with Crippen LogP contribution in [0.15, 0.2) is 4.99 Å². The van der Waals surface area contributed by atoms with E-state index >= 15 is 0 Å². The summed E-state index contributed by atoms with van der Waals surface area (Å²) in [6, 6.07) is 0. The number of guanidine groups is 1. The van der Waals surface area contributed by atoms with E-state index in [4.69, 9.17) is 5.14 Å². The van der Waals surface area contributed by atoms with Crippen LogP contribution >= 0.6 is 0 Å². The lowest BCUT2D eigenvalue weighted by Crippen LogP contribution is -2.40. The molecule has 0 saturated heterocycles. The van der Waals surface area contributed by atoms with Crippen molar-refractivity contribution in [1.82, 2.24) is 10.6 Å². The summed E-state index contributed by atoms with van der Waals surface area (Å²) in [6.07, 6.45) is 0.950. The average molecular weight is 236 g/mol. The van der Waals surface area contributed by atoms with Crippen molar-refractivity contribution in [3.05, 3.63) is 0 Å². The number of rotatable bonds is 6. The molecule has 0 rings (SSSR count). The zero-order valence-electron chi connectivity index (χ0n) is 9.28. The second-order valence-electron chi connectivity index (χ2n) is 3.05. The molecule has 0 aromatic rings. The number of hydrogen-bond donors (Lipinski definition) is 3. The molecule has 0 radical (unpaired) electrons. The van der Waals surface area contributed by atoms with Crippen LogP contribution < -0.4 is 15.8 Å². The fourth-order valence-corrected chi connectivity index (χ4v) is 1.26. The molecule has 0 aromatic heterocycles. The minimum Gasteiger partial charge on any atom is -0.357 e. The number of nitrogens with zero attached hydrogens (tertiary/aromatic N) is 1. The zero-order chi connectivity index (χ0) is 11.7. The summed E-state index contributed by atoms with van der Waals surface area (Å²) in [5.41, 5.74) is 0. The molecule has 0 atom stereocenters. The highest BCUT2D eigenvalue weighted by molar-refractivity contribution is 7.89. The van der Waals surface area contributed by atoms with Gasteiger partial charge in [0, 0.05) is 19.6 Å². The fourth-order valence-electron chi connectivity index (χ4n) is 0.877. The first-order valence-corrected chi connectivity index (χ1v) is 6.73. The van der Waals surface area contributed by atoms with Crippen LogP contribution in [0.4, 0.5) is 0 Å². The van der Waals surface area contributed by atoms with Crippen molar-refractivity contribution in [2.45, 2.75) is 20.3 Å². The van der Waals surface area contributed by atoms with E-state index in [1.165, 1.54) is 0 Å². The maximum atomic E-state index is 10.7. The Labute approximate surface area is 91.4 Å². The van der Waals surface area contributed by atoms with Gasteiger partial charge in [0.1, 0.15) is 0 Å². The normalized spacial score (nSPS) is 12.6. The molecule has 0 aromatic carbocycles. The summed E-state index contributed by atoms with van der Waals surface area (Å²) in [4.78, 5) is 4.21. The Morgan fingerprint density at radius 2 is 2.00 bits per heavy atom. The second-order valence-corrected chi connectivity index (χ2v) is 4.79.